The lowest BCUT2D eigenvalue weighted by Gasteiger charge is -2.37. The average molecular weight is 354 g/mol. The molecule has 9 heteroatoms. The van der Waals surface area contributed by atoms with Crippen LogP contribution in [-0.4, -0.2) is 50.8 Å². The Morgan fingerprint density at radius 3 is 2.80 bits per heavy atom. The third-order valence-electron chi connectivity index (χ3n) is 4.43. The molecule has 2 aromatic heterocycles. The Labute approximate surface area is 144 Å². The molecule has 0 saturated carbocycles. The Bertz CT molecular complexity index is 714. The van der Waals surface area contributed by atoms with Crippen LogP contribution in [0, 0.1) is 0 Å². The maximum atomic E-state index is 12.9. The summed E-state index contributed by atoms with van der Waals surface area (Å²) in [5.74, 6) is 0.111. The maximum absolute atomic E-state index is 12.9. The number of aryl methyl sites for hydroxylation is 1. The van der Waals surface area contributed by atoms with Crippen molar-refractivity contribution in [3.63, 3.8) is 0 Å². The van der Waals surface area contributed by atoms with E-state index in [0.717, 1.165) is 50.4 Å². The number of likely N-dealkylation sites (tertiary alicyclic amines) is 1. The molecule has 1 fully saturated rings. The predicted octanol–water partition coefficient (Wildman–Crippen LogP) is 2.33. The number of piperidine rings is 1. The van der Waals surface area contributed by atoms with Crippen molar-refractivity contribution in [3.8, 4) is 0 Å². The van der Waals surface area contributed by atoms with Crippen molar-refractivity contribution in [3.05, 3.63) is 35.9 Å². The van der Waals surface area contributed by atoms with Gasteiger partial charge in [0.1, 0.15) is 5.69 Å². The first-order valence-corrected chi connectivity index (χ1v) is 8.17. The maximum Gasteiger partial charge on any atom is 0.433 e. The number of hydrogen-bond donors (Lipinski definition) is 0. The fourth-order valence-electron chi connectivity index (χ4n) is 3.11. The molecule has 1 atom stereocenters. The molecule has 1 aliphatic rings. The first-order chi connectivity index (χ1) is 11.8. The smallest absolute Gasteiger partial charge is 0.340 e. The van der Waals surface area contributed by atoms with Crippen molar-refractivity contribution >= 4 is 5.95 Å². The van der Waals surface area contributed by atoms with Crippen LogP contribution in [0.5, 0.6) is 0 Å². The Balaban J connectivity index is 1.68. The van der Waals surface area contributed by atoms with Crippen LogP contribution in [0.15, 0.2) is 24.5 Å². The number of rotatable bonds is 4. The molecule has 1 unspecified atom stereocenters. The standard InChI is InChI=1S/C16H21F3N6/c1-23-9-6-12(22-23)10-25-8-3-4-13(11-25)24(2)15-20-7-5-14(21-15)16(17,18)19/h5-7,9,13H,3-4,8,10-11H2,1-2H3. The Morgan fingerprint density at radius 1 is 1.32 bits per heavy atom. The number of halogens is 3. The van der Waals surface area contributed by atoms with E-state index in [9.17, 15) is 13.2 Å². The van der Waals surface area contributed by atoms with Gasteiger partial charge in [-0.3, -0.25) is 9.58 Å². The second-order valence-corrected chi connectivity index (χ2v) is 6.36. The van der Waals surface area contributed by atoms with Crippen LogP contribution < -0.4 is 4.90 Å². The van der Waals surface area contributed by atoms with Gasteiger partial charge in [0.05, 0.1) is 5.69 Å². The first-order valence-electron chi connectivity index (χ1n) is 8.17. The SMILES string of the molecule is CN(c1nccc(C(F)(F)F)n1)C1CCCN(Cc2ccn(C)n2)C1. The van der Waals surface area contributed by atoms with Crippen molar-refractivity contribution in [2.45, 2.75) is 31.6 Å². The lowest BCUT2D eigenvalue weighted by Crippen LogP contribution is -2.46. The summed E-state index contributed by atoms with van der Waals surface area (Å²) in [5.41, 5.74) is 0.0756. The zero-order valence-corrected chi connectivity index (χ0v) is 14.2. The van der Waals surface area contributed by atoms with E-state index in [4.69, 9.17) is 0 Å². The Hall–Kier alpha value is -2.16. The summed E-state index contributed by atoms with van der Waals surface area (Å²) in [6.07, 6.45) is 0.473. The summed E-state index contributed by atoms with van der Waals surface area (Å²) in [5, 5.41) is 4.38. The van der Waals surface area contributed by atoms with Gasteiger partial charge < -0.3 is 4.90 Å². The highest BCUT2D eigenvalue weighted by molar-refractivity contribution is 5.31. The molecule has 0 bridgehead atoms. The lowest BCUT2D eigenvalue weighted by molar-refractivity contribution is -0.141. The van der Waals surface area contributed by atoms with Crippen LogP contribution in [0.25, 0.3) is 0 Å². The molecule has 0 amide bonds. The summed E-state index contributed by atoms with van der Waals surface area (Å²) < 4.78 is 40.3. The highest BCUT2D eigenvalue weighted by Gasteiger charge is 2.34. The molecule has 3 rings (SSSR count). The van der Waals surface area contributed by atoms with E-state index in [1.54, 1.807) is 16.6 Å². The van der Waals surface area contributed by atoms with E-state index in [-0.39, 0.29) is 12.0 Å². The van der Waals surface area contributed by atoms with Gasteiger partial charge in [0.2, 0.25) is 5.95 Å². The third kappa shape index (κ3) is 4.28. The first kappa shape index (κ1) is 17.7. The van der Waals surface area contributed by atoms with Gasteiger partial charge in [-0.25, -0.2) is 9.97 Å². The minimum atomic E-state index is -4.46. The van der Waals surface area contributed by atoms with Crippen molar-refractivity contribution in [1.29, 1.82) is 0 Å². The van der Waals surface area contributed by atoms with Crippen LogP contribution in [-0.2, 0) is 19.8 Å². The molecule has 25 heavy (non-hydrogen) atoms. The number of anilines is 1. The molecule has 0 spiro atoms. The summed E-state index contributed by atoms with van der Waals surface area (Å²) in [6, 6.07) is 2.94. The van der Waals surface area contributed by atoms with E-state index < -0.39 is 11.9 Å². The van der Waals surface area contributed by atoms with Crippen LogP contribution >= 0.6 is 0 Å². The highest BCUT2D eigenvalue weighted by atomic mass is 19.4. The second kappa shape index (κ2) is 6.99. The van der Waals surface area contributed by atoms with E-state index in [1.165, 1.54) is 0 Å². The van der Waals surface area contributed by atoms with E-state index in [0.29, 0.717) is 0 Å². The van der Waals surface area contributed by atoms with Crippen LogP contribution in [0.4, 0.5) is 19.1 Å². The minimum absolute atomic E-state index is 0.0703. The molecule has 0 aromatic carbocycles. The fourth-order valence-corrected chi connectivity index (χ4v) is 3.11. The van der Waals surface area contributed by atoms with Crippen molar-refractivity contribution in [2.75, 3.05) is 25.0 Å². The van der Waals surface area contributed by atoms with Gasteiger partial charge in [-0.2, -0.15) is 18.3 Å². The van der Waals surface area contributed by atoms with Gasteiger partial charge in [-0.1, -0.05) is 0 Å². The van der Waals surface area contributed by atoms with Gasteiger partial charge in [0, 0.05) is 45.6 Å². The summed E-state index contributed by atoms with van der Waals surface area (Å²) in [7, 11) is 3.63. The molecular formula is C16H21F3N6. The third-order valence-corrected chi connectivity index (χ3v) is 4.43. The fraction of sp³-hybridized carbons (Fsp3) is 0.562. The highest BCUT2D eigenvalue weighted by Crippen LogP contribution is 2.28. The van der Waals surface area contributed by atoms with Crippen molar-refractivity contribution in [1.82, 2.24) is 24.6 Å². The predicted molar refractivity (Wildman–Crippen MR) is 86.9 cm³/mol. The zero-order valence-electron chi connectivity index (χ0n) is 14.2. The number of nitrogens with zero attached hydrogens (tertiary/aromatic N) is 6. The van der Waals surface area contributed by atoms with Crippen molar-refractivity contribution in [2.24, 2.45) is 7.05 Å². The average Bonchev–Trinajstić information content (AvgIpc) is 2.98. The molecule has 136 valence electrons. The number of aromatic nitrogens is 4. The van der Waals surface area contributed by atoms with Gasteiger partial charge in [0.25, 0.3) is 0 Å². The van der Waals surface area contributed by atoms with E-state index in [2.05, 4.69) is 20.0 Å². The van der Waals surface area contributed by atoms with Crippen LogP contribution in [0.1, 0.15) is 24.2 Å². The largest absolute Gasteiger partial charge is 0.433 e. The molecule has 2 aromatic rings. The molecule has 3 heterocycles. The lowest BCUT2D eigenvalue weighted by atomic mass is 10.0. The summed E-state index contributed by atoms with van der Waals surface area (Å²) in [6.45, 7) is 2.42. The van der Waals surface area contributed by atoms with E-state index >= 15 is 0 Å². The van der Waals surface area contributed by atoms with Gasteiger partial charge in [-0.15, -0.1) is 0 Å². The monoisotopic (exact) mass is 354 g/mol. The molecule has 0 aliphatic carbocycles. The summed E-state index contributed by atoms with van der Waals surface area (Å²) >= 11 is 0. The van der Waals surface area contributed by atoms with Gasteiger partial charge >= 0.3 is 6.18 Å². The number of likely N-dealkylation sites (N-methyl/N-ethyl adjacent to an activating group) is 1. The zero-order chi connectivity index (χ0) is 18.0. The van der Waals surface area contributed by atoms with Gasteiger partial charge in [-0.05, 0) is 31.5 Å². The molecule has 1 aliphatic heterocycles. The second-order valence-electron chi connectivity index (χ2n) is 6.36. The molecule has 1 saturated heterocycles. The quantitative estimate of drug-likeness (QED) is 0.844. The Morgan fingerprint density at radius 2 is 2.12 bits per heavy atom. The normalized spacial score (nSPS) is 19.2. The van der Waals surface area contributed by atoms with E-state index in [1.807, 2.05) is 19.3 Å². The number of alkyl halides is 3. The van der Waals surface area contributed by atoms with Crippen LogP contribution in [0.3, 0.4) is 0 Å². The topological polar surface area (TPSA) is 50.1 Å². The minimum Gasteiger partial charge on any atom is -0.340 e. The molecule has 0 radical (unpaired) electrons. The van der Waals surface area contributed by atoms with Crippen LogP contribution in [0.2, 0.25) is 0 Å². The van der Waals surface area contributed by atoms with Gasteiger partial charge in [0.15, 0.2) is 0 Å². The van der Waals surface area contributed by atoms with Crippen molar-refractivity contribution < 1.29 is 13.2 Å². The molecule has 6 nitrogen and oxygen atoms in total. The summed E-state index contributed by atoms with van der Waals surface area (Å²) in [4.78, 5) is 11.7. The Kier molecular flexibility index (Phi) is 4.94. The number of hydrogen-bond acceptors (Lipinski definition) is 5. The molecule has 0 N–H and O–H groups in total. The molecular weight excluding hydrogens is 333 g/mol.